The number of rotatable bonds is 10. The molecule has 0 saturated carbocycles. The second kappa shape index (κ2) is 15.6. The van der Waals surface area contributed by atoms with E-state index in [4.69, 9.17) is 23.7 Å². The minimum atomic E-state index is -0.715. The average molecular weight is 701 g/mol. The van der Waals surface area contributed by atoms with E-state index in [1.807, 2.05) is 24.3 Å². The lowest BCUT2D eigenvalue weighted by Crippen LogP contribution is -2.55. The minimum absolute atomic E-state index is 0.00557. The molecule has 1 fully saturated rings. The molecule has 3 amide bonds. The zero-order chi connectivity index (χ0) is 36.1. The van der Waals surface area contributed by atoms with E-state index in [1.54, 1.807) is 55.4 Å². The van der Waals surface area contributed by atoms with Gasteiger partial charge in [0.1, 0.15) is 6.61 Å². The van der Waals surface area contributed by atoms with Crippen LogP contribution in [0.2, 0.25) is 0 Å². The fourth-order valence-electron chi connectivity index (χ4n) is 7.00. The van der Waals surface area contributed by atoms with Gasteiger partial charge in [0.25, 0.3) is 5.91 Å². The van der Waals surface area contributed by atoms with Gasteiger partial charge in [-0.2, -0.15) is 0 Å². The van der Waals surface area contributed by atoms with Gasteiger partial charge in [-0.05, 0) is 66.3 Å². The summed E-state index contributed by atoms with van der Waals surface area (Å²) in [6, 6.07) is 13.9. The number of nitrogens with one attached hydrogen (secondary N) is 2. The molecule has 13 nitrogen and oxygen atoms in total. The third-order valence-corrected chi connectivity index (χ3v) is 9.53. The van der Waals surface area contributed by atoms with Crippen LogP contribution < -0.4 is 39.7 Å². The number of carbonyl (C=O) groups is 3. The Balaban J connectivity index is 1.09. The molecule has 13 heteroatoms. The quantitative estimate of drug-likeness (QED) is 0.301. The van der Waals surface area contributed by atoms with Crippen LogP contribution in [0.5, 0.6) is 28.7 Å². The van der Waals surface area contributed by atoms with E-state index in [-0.39, 0.29) is 36.2 Å². The van der Waals surface area contributed by atoms with Crippen molar-refractivity contribution in [2.24, 2.45) is 0 Å². The van der Waals surface area contributed by atoms with E-state index in [1.165, 1.54) is 6.92 Å². The molecular weight excluding hydrogens is 656 g/mol. The molecule has 1 saturated heterocycles. The number of ether oxygens (including phenoxy) is 5. The summed E-state index contributed by atoms with van der Waals surface area (Å²) in [4.78, 5) is 55.5. The molecule has 0 spiro atoms. The number of amides is 3. The molecule has 3 aromatic rings. The first-order valence-electron chi connectivity index (χ1n) is 17.2. The third-order valence-electron chi connectivity index (χ3n) is 9.53. The molecule has 2 N–H and O–H groups in total. The van der Waals surface area contributed by atoms with Gasteiger partial charge in [-0.1, -0.05) is 18.2 Å². The van der Waals surface area contributed by atoms with Crippen LogP contribution >= 0.6 is 0 Å². The van der Waals surface area contributed by atoms with Crippen molar-refractivity contribution in [2.75, 3.05) is 66.0 Å². The van der Waals surface area contributed by atoms with E-state index < -0.39 is 12.1 Å². The molecule has 2 aliphatic heterocycles. The summed E-state index contributed by atoms with van der Waals surface area (Å²) in [7, 11) is 4.67. The van der Waals surface area contributed by atoms with E-state index in [9.17, 15) is 19.2 Å². The van der Waals surface area contributed by atoms with E-state index >= 15 is 0 Å². The largest absolute Gasteiger partial charge is 0.493 e. The summed E-state index contributed by atoms with van der Waals surface area (Å²) >= 11 is 0. The lowest BCUT2D eigenvalue weighted by molar-refractivity contribution is -0.146. The van der Waals surface area contributed by atoms with Crippen LogP contribution in [0.4, 0.5) is 5.69 Å². The van der Waals surface area contributed by atoms with Crippen molar-refractivity contribution in [2.45, 2.75) is 44.8 Å². The maximum absolute atomic E-state index is 13.6. The first-order valence-corrected chi connectivity index (χ1v) is 17.2. The van der Waals surface area contributed by atoms with Crippen molar-refractivity contribution in [3.8, 4) is 39.9 Å². The van der Waals surface area contributed by atoms with Gasteiger partial charge in [-0.25, -0.2) is 0 Å². The highest BCUT2D eigenvalue weighted by Gasteiger charge is 2.34. The number of aryl methyl sites for hydroxylation is 1. The minimum Gasteiger partial charge on any atom is -0.493 e. The summed E-state index contributed by atoms with van der Waals surface area (Å²) in [6.07, 6.45) is 1.25. The van der Waals surface area contributed by atoms with Gasteiger partial charge < -0.3 is 44.1 Å². The first-order chi connectivity index (χ1) is 24.7. The van der Waals surface area contributed by atoms with Gasteiger partial charge in [-0.15, -0.1) is 0 Å². The number of anilines is 1. The summed E-state index contributed by atoms with van der Waals surface area (Å²) in [5, 5.41) is 6.24. The predicted octanol–water partition coefficient (Wildman–Crippen LogP) is 3.57. The molecule has 1 aliphatic carbocycles. The molecule has 0 unspecified atom stereocenters. The van der Waals surface area contributed by atoms with E-state index in [2.05, 4.69) is 10.6 Å². The van der Waals surface area contributed by atoms with Crippen molar-refractivity contribution in [1.82, 2.24) is 15.1 Å². The Hall–Kier alpha value is -5.46. The summed E-state index contributed by atoms with van der Waals surface area (Å²) in [6.45, 7) is 3.71. The Morgan fingerprint density at radius 3 is 2.33 bits per heavy atom. The van der Waals surface area contributed by atoms with Gasteiger partial charge in [0, 0.05) is 51.6 Å². The second-order valence-corrected chi connectivity index (χ2v) is 12.7. The van der Waals surface area contributed by atoms with Gasteiger partial charge in [0.2, 0.25) is 29.1 Å². The van der Waals surface area contributed by atoms with Gasteiger partial charge in [0.15, 0.2) is 23.0 Å². The monoisotopic (exact) mass is 700 g/mol. The number of hydrogen-bond acceptors (Lipinski definition) is 10. The van der Waals surface area contributed by atoms with Crippen LogP contribution in [0.15, 0.2) is 53.3 Å². The highest BCUT2D eigenvalue weighted by Crippen LogP contribution is 2.50. The molecule has 2 atom stereocenters. The molecule has 6 rings (SSSR count). The van der Waals surface area contributed by atoms with Gasteiger partial charge >= 0.3 is 0 Å². The van der Waals surface area contributed by atoms with Crippen molar-refractivity contribution in [3.63, 3.8) is 0 Å². The maximum Gasteiger partial charge on any atom is 0.267 e. The third kappa shape index (κ3) is 7.52. The fourth-order valence-corrected chi connectivity index (χ4v) is 7.00. The van der Waals surface area contributed by atoms with Crippen molar-refractivity contribution < 1.29 is 38.1 Å². The Morgan fingerprint density at radius 1 is 0.902 bits per heavy atom. The summed E-state index contributed by atoms with van der Waals surface area (Å²) < 4.78 is 28.7. The molecule has 0 bridgehead atoms. The number of methoxy groups -OCH3 is 3. The van der Waals surface area contributed by atoms with Crippen LogP contribution in [-0.4, -0.2) is 94.3 Å². The maximum atomic E-state index is 13.6. The Bertz CT molecular complexity index is 1860. The molecule has 0 radical (unpaired) electrons. The number of piperazine rings is 1. The molecule has 51 heavy (non-hydrogen) atoms. The molecule has 3 aliphatic rings. The zero-order valence-corrected chi connectivity index (χ0v) is 29.4. The topological polar surface area (TPSA) is 145 Å². The van der Waals surface area contributed by atoms with Gasteiger partial charge in [0.05, 0.1) is 33.1 Å². The van der Waals surface area contributed by atoms with E-state index in [0.717, 1.165) is 16.7 Å². The molecular formula is C38H44N4O9. The number of carbonyl (C=O) groups excluding carboxylic acids is 3. The smallest absolute Gasteiger partial charge is 0.267 e. The summed E-state index contributed by atoms with van der Waals surface area (Å²) in [5.41, 5.74) is 3.27. The van der Waals surface area contributed by atoms with Crippen molar-refractivity contribution in [3.05, 3.63) is 69.9 Å². The molecule has 3 aromatic carbocycles. The Morgan fingerprint density at radius 2 is 1.63 bits per heavy atom. The second-order valence-electron chi connectivity index (χ2n) is 12.7. The number of benzene rings is 2. The lowest BCUT2D eigenvalue weighted by Gasteiger charge is -2.37. The molecule has 270 valence electrons. The Kier molecular flexibility index (Phi) is 10.8. The molecule has 2 heterocycles. The van der Waals surface area contributed by atoms with Crippen LogP contribution in [0.25, 0.3) is 11.1 Å². The molecule has 0 aromatic heterocycles. The summed E-state index contributed by atoms with van der Waals surface area (Å²) in [5.74, 6) is 2.27. The van der Waals surface area contributed by atoms with E-state index in [0.29, 0.717) is 92.0 Å². The predicted molar refractivity (Wildman–Crippen MR) is 190 cm³/mol. The van der Waals surface area contributed by atoms with Crippen LogP contribution in [0, 0.1) is 0 Å². The highest BCUT2D eigenvalue weighted by molar-refractivity contribution is 5.84. The van der Waals surface area contributed by atoms with Crippen LogP contribution in [-0.2, 0) is 20.8 Å². The van der Waals surface area contributed by atoms with Crippen molar-refractivity contribution >= 4 is 23.4 Å². The first kappa shape index (κ1) is 35.4. The van der Waals surface area contributed by atoms with Crippen LogP contribution in [0.3, 0.4) is 0 Å². The number of hydrogen-bond donors (Lipinski definition) is 2. The van der Waals surface area contributed by atoms with Crippen LogP contribution in [0.1, 0.15) is 43.4 Å². The van der Waals surface area contributed by atoms with Crippen molar-refractivity contribution in [1.29, 1.82) is 0 Å². The Labute approximate surface area is 296 Å². The lowest BCUT2D eigenvalue weighted by atomic mass is 9.95. The number of para-hydroxylation sites is 2. The normalized spacial score (nSPS) is 17.6. The fraction of sp³-hybridized carbons (Fsp3) is 0.421. The highest BCUT2D eigenvalue weighted by atomic mass is 16.6. The number of nitrogens with zero attached hydrogens (tertiary/aromatic N) is 2. The zero-order valence-electron chi connectivity index (χ0n) is 29.4. The van der Waals surface area contributed by atoms with Gasteiger partial charge in [-0.3, -0.25) is 19.2 Å². The average Bonchev–Trinajstić information content (AvgIpc) is 3.39. The standard InChI is InChI=1S/C38H44N4O9/c1-23(43)40-27-13-11-24-20-32(47-2)36(48-3)37(49-4)35(24)25-12-14-28(29(44)21-26(25)27)39-15-7-10-34(45)41-16-18-42(19-17-41)38(46)33-22-50-30-8-5-6-9-31(30)51-33/h5-6,8-9,12,14,20-21,27,33H,7,10-11,13,15-19,22H2,1-4H3,(H,39,44)(H,40,43)/t27-,33-/m1/s1. The SMILES string of the molecule is COc1cc2c(c(OC)c1OC)-c1ccc(NCCCC(=O)N3CCN(C(=O)[C@H]4COc5ccccc5O4)CC3)c(=O)cc1[C@H](NC(C)=O)CC2. The number of fused-ring (bicyclic) bond motifs is 4.